The van der Waals surface area contributed by atoms with E-state index in [0.29, 0.717) is 49.0 Å². The number of rotatable bonds is 4. The second kappa shape index (κ2) is 8.29. The maximum atomic E-state index is 12.9. The number of methoxy groups -OCH3 is 1. The van der Waals surface area contributed by atoms with Crippen LogP contribution in [0.5, 0.6) is 5.88 Å². The van der Waals surface area contributed by atoms with Crippen LogP contribution in [0.15, 0.2) is 35.4 Å². The average Bonchev–Trinajstić information content (AvgIpc) is 3.08. The second-order valence-corrected chi connectivity index (χ2v) is 7.86. The molecule has 0 spiro atoms. The molecule has 0 N–H and O–H groups in total. The summed E-state index contributed by atoms with van der Waals surface area (Å²) in [6, 6.07) is 5.81. The van der Waals surface area contributed by atoms with Gasteiger partial charge in [0.15, 0.2) is 5.69 Å². The lowest BCUT2D eigenvalue weighted by molar-refractivity contribution is -0.141. The van der Waals surface area contributed by atoms with E-state index in [-0.39, 0.29) is 18.4 Å². The molecule has 0 unspecified atom stereocenters. The van der Waals surface area contributed by atoms with Gasteiger partial charge >= 0.3 is 6.18 Å². The summed E-state index contributed by atoms with van der Waals surface area (Å²) in [5.41, 5.74) is -0.731. The summed E-state index contributed by atoms with van der Waals surface area (Å²) < 4.78 is 46.2. The van der Waals surface area contributed by atoms with E-state index in [1.165, 1.54) is 4.57 Å². The molecule has 4 rings (SSSR count). The number of amides is 1. The van der Waals surface area contributed by atoms with E-state index >= 15 is 0 Å². The third kappa shape index (κ3) is 4.19. The van der Waals surface area contributed by atoms with Crippen LogP contribution in [-0.4, -0.2) is 50.3 Å². The van der Waals surface area contributed by atoms with Gasteiger partial charge in [-0.05, 0) is 37.0 Å². The third-order valence-corrected chi connectivity index (χ3v) is 5.75. The number of halogens is 3. The van der Waals surface area contributed by atoms with Gasteiger partial charge in [-0.1, -0.05) is 0 Å². The van der Waals surface area contributed by atoms with E-state index < -0.39 is 17.4 Å². The van der Waals surface area contributed by atoms with Crippen molar-refractivity contribution in [1.29, 1.82) is 0 Å². The molecule has 0 radical (unpaired) electrons. The Morgan fingerprint density at radius 2 is 1.94 bits per heavy atom. The van der Waals surface area contributed by atoms with Crippen LogP contribution in [0.1, 0.15) is 28.9 Å². The number of hydrogen-bond acceptors (Lipinski definition) is 5. The van der Waals surface area contributed by atoms with Crippen molar-refractivity contribution in [2.75, 3.05) is 20.2 Å². The molecule has 0 saturated carbocycles. The highest BCUT2D eigenvalue weighted by Gasteiger charge is 2.33. The lowest BCUT2D eigenvalue weighted by Gasteiger charge is -2.32. The summed E-state index contributed by atoms with van der Waals surface area (Å²) in [5, 5.41) is 5.19. The van der Waals surface area contributed by atoms with Crippen LogP contribution >= 0.6 is 0 Å². The van der Waals surface area contributed by atoms with Crippen molar-refractivity contribution in [1.82, 2.24) is 24.2 Å². The summed E-state index contributed by atoms with van der Waals surface area (Å²) in [5.74, 6) is 0.578. The van der Waals surface area contributed by atoms with Gasteiger partial charge in [0.05, 0.1) is 24.3 Å². The predicted octanol–water partition coefficient (Wildman–Crippen LogP) is 2.71. The van der Waals surface area contributed by atoms with Gasteiger partial charge in [0, 0.05) is 38.3 Å². The van der Waals surface area contributed by atoms with Gasteiger partial charge in [-0.2, -0.15) is 18.3 Å². The Hall–Kier alpha value is -3.37. The van der Waals surface area contributed by atoms with Crippen molar-refractivity contribution in [3.8, 4) is 5.88 Å². The highest BCUT2D eigenvalue weighted by Crippen LogP contribution is 2.28. The number of fused-ring (bicyclic) bond motifs is 1. The van der Waals surface area contributed by atoms with Crippen LogP contribution in [0, 0.1) is 5.92 Å². The molecule has 170 valence electrons. The average molecular weight is 449 g/mol. The molecule has 0 aliphatic carbocycles. The van der Waals surface area contributed by atoms with Gasteiger partial charge < -0.3 is 9.64 Å². The molecular formula is C21H22F3N5O3. The predicted molar refractivity (Wildman–Crippen MR) is 109 cm³/mol. The molecule has 1 aliphatic heterocycles. The molecule has 1 aromatic carbocycles. The molecule has 1 aliphatic rings. The number of aryl methyl sites for hydroxylation is 1. The Kier molecular flexibility index (Phi) is 5.66. The van der Waals surface area contributed by atoms with Crippen LogP contribution < -0.4 is 10.3 Å². The monoisotopic (exact) mass is 449 g/mol. The standard InChI is InChI=1S/C21H22F3N5O3/c1-27-20(32-2)15-4-3-14(9-16(15)26-27)19(31)28-7-5-13(6-8-28)11-29-12-25-17(10-18(29)30)21(22,23)24/h3-4,9-10,12-13H,5-8,11H2,1-2H3. The molecule has 8 nitrogen and oxygen atoms in total. The SMILES string of the molecule is COc1c2ccc(C(=O)N3CCC(Cn4cnc(C(F)(F)F)cc4=O)CC3)cc2nn1C. The quantitative estimate of drug-likeness (QED) is 0.612. The highest BCUT2D eigenvalue weighted by molar-refractivity contribution is 5.98. The van der Waals surface area contributed by atoms with E-state index in [0.717, 1.165) is 11.7 Å². The third-order valence-electron chi connectivity index (χ3n) is 5.75. The lowest BCUT2D eigenvalue weighted by Crippen LogP contribution is -2.40. The van der Waals surface area contributed by atoms with E-state index in [2.05, 4.69) is 10.1 Å². The molecule has 11 heteroatoms. The maximum Gasteiger partial charge on any atom is 0.433 e. The number of carbonyl (C=O) groups excluding carboxylic acids is 1. The molecule has 2 aromatic heterocycles. The van der Waals surface area contributed by atoms with Gasteiger partial charge in [-0.3, -0.25) is 14.2 Å². The summed E-state index contributed by atoms with van der Waals surface area (Å²) in [6.07, 6.45) is -2.43. The van der Waals surface area contributed by atoms with Crippen molar-refractivity contribution >= 4 is 16.8 Å². The molecule has 0 bridgehead atoms. The Bertz CT molecular complexity index is 1210. The zero-order valence-corrected chi connectivity index (χ0v) is 17.6. The fourth-order valence-electron chi connectivity index (χ4n) is 4.05. The van der Waals surface area contributed by atoms with Crippen LogP contribution in [0.2, 0.25) is 0 Å². The Balaban J connectivity index is 1.40. The largest absolute Gasteiger partial charge is 0.481 e. The number of nitrogens with zero attached hydrogens (tertiary/aromatic N) is 5. The first-order chi connectivity index (χ1) is 15.2. The number of alkyl halides is 3. The molecule has 3 aromatic rings. The fourth-order valence-corrected chi connectivity index (χ4v) is 4.05. The minimum atomic E-state index is -4.65. The minimum absolute atomic E-state index is 0.0674. The number of carbonyl (C=O) groups is 1. The first-order valence-corrected chi connectivity index (χ1v) is 10.1. The number of ether oxygens (including phenoxy) is 1. The van der Waals surface area contributed by atoms with Crippen molar-refractivity contribution < 1.29 is 22.7 Å². The Morgan fingerprint density at radius 1 is 1.22 bits per heavy atom. The zero-order valence-electron chi connectivity index (χ0n) is 17.6. The molecule has 1 amide bonds. The number of aromatic nitrogens is 4. The molecule has 1 saturated heterocycles. The van der Waals surface area contributed by atoms with Gasteiger partial charge in [-0.25, -0.2) is 9.67 Å². The molecule has 1 fully saturated rings. The second-order valence-electron chi connectivity index (χ2n) is 7.86. The van der Waals surface area contributed by atoms with E-state index in [4.69, 9.17) is 4.74 Å². The van der Waals surface area contributed by atoms with Gasteiger partial charge in [0.25, 0.3) is 11.5 Å². The number of hydrogen-bond donors (Lipinski definition) is 0. The highest BCUT2D eigenvalue weighted by atomic mass is 19.4. The van der Waals surface area contributed by atoms with Crippen LogP contribution in [0.3, 0.4) is 0 Å². The Morgan fingerprint density at radius 3 is 2.56 bits per heavy atom. The van der Waals surface area contributed by atoms with Crippen LogP contribution in [-0.2, 0) is 19.8 Å². The first-order valence-electron chi connectivity index (χ1n) is 10.1. The van der Waals surface area contributed by atoms with Gasteiger partial charge in [-0.15, -0.1) is 0 Å². The van der Waals surface area contributed by atoms with Crippen molar-refractivity contribution in [2.24, 2.45) is 13.0 Å². The topological polar surface area (TPSA) is 82.2 Å². The van der Waals surface area contributed by atoms with Crippen molar-refractivity contribution in [2.45, 2.75) is 25.6 Å². The smallest absolute Gasteiger partial charge is 0.433 e. The summed E-state index contributed by atoms with van der Waals surface area (Å²) in [4.78, 5) is 30.1. The molecular weight excluding hydrogens is 427 g/mol. The van der Waals surface area contributed by atoms with Crippen molar-refractivity contribution in [3.05, 3.63) is 52.2 Å². The van der Waals surface area contributed by atoms with Gasteiger partial charge in [0.1, 0.15) is 0 Å². The van der Waals surface area contributed by atoms with E-state index in [9.17, 15) is 22.8 Å². The lowest BCUT2D eigenvalue weighted by atomic mass is 9.96. The molecule has 0 atom stereocenters. The Labute approximate surface area is 181 Å². The summed E-state index contributed by atoms with van der Waals surface area (Å²) in [7, 11) is 3.33. The number of likely N-dealkylation sites (tertiary alicyclic amines) is 1. The number of benzene rings is 1. The normalized spacial score (nSPS) is 15.3. The summed E-state index contributed by atoms with van der Waals surface area (Å²) >= 11 is 0. The zero-order chi connectivity index (χ0) is 23.0. The fraction of sp³-hybridized carbons (Fsp3) is 0.429. The molecule has 3 heterocycles. The number of piperidine rings is 1. The molecule has 32 heavy (non-hydrogen) atoms. The maximum absolute atomic E-state index is 12.9. The van der Waals surface area contributed by atoms with E-state index in [1.54, 1.807) is 35.9 Å². The first kappa shape index (κ1) is 21.8. The van der Waals surface area contributed by atoms with Crippen LogP contribution in [0.4, 0.5) is 13.2 Å². The summed E-state index contributed by atoms with van der Waals surface area (Å²) in [6.45, 7) is 1.26. The van der Waals surface area contributed by atoms with E-state index in [1.807, 2.05) is 6.07 Å². The van der Waals surface area contributed by atoms with Crippen molar-refractivity contribution in [3.63, 3.8) is 0 Å². The van der Waals surface area contributed by atoms with Gasteiger partial charge in [0.2, 0.25) is 5.88 Å². The minimum Gasteiger partial charge on any atom is -0.481 e. The van der Waals surface area contributed by atoms with Crippen LogP contribution in [0.25, 0.3) is 10.9 Å².